The van der Waals surface area contributed by atoms with Crippen molar-refractivity contribution in [3.8, 4) is 0 Å². The first-order valence-electron chi connectivity index (χ1n) is 4.98. The van der Waals surface area contributed by atoms with E-state index in [0.717, 1.165) is 17.5 Å². The van der Waals surface area contributed by atoms with Gasteiger partial charge in [-0.2, -0.15) is 5.10 Å². The average molecular weight is 218 g/mol. The third-order valence-corrected chi connectivity index (χ3v) is 2.38. The zero-order valence-corrected chi connectivity index (χ0v) is 9.04. The van der Waals surface area contributed by atoms with Crippen molar-refractivity contribution in [2.24, 2.45) is 12.9 Å². The number of nitrogens with zero attached hydrogens (tertiary/aromatic N) is 4. The Labute approximate surface area is 93.5 Å². The summed E-state index contributed by atoms with van der Waals surface area (Å²) in [6, 6.07) is 0.00500. The van der Waals surface area contributed by atoms with Gasteiger partial charge in [-0.25, -0.2) is 9.97 Å². The Morgan fingerprint density at radius 1 is 1.38 bits per heavy atom. The van der Waals surface area contributed by atoms with Crippen molar-refractivity contribution in [1.82, 2.24) is 25.2 Å². The number of aryl methyl sites for hydroxylation is 1. The minimum absolute atomic E-state index is 0.00500. The molecule has 0 aliphatic rings. The molecular formula is C10H14N6. The molecule has 0 bridgehead atoms. The van der Waals surface area contributed by atoms with Crippen molar-refractivity contribution in [3.05, 3.63) is 42.2 Å². The van der Waals surface area contributed by atoms with Crippen molar-refractivity contribution in [2.75, 3.05) is 0 Å². The molecule has 1 atom stereocenters. The van der Waals surface area contributed by atoms with Gasteiger partial charge in [0.05, 0.1) is 12.2 Å². The van der Waals surface area contributed by atoms with Crippen LogP contribution in [0.25, 0.3) is 0 Å². The van der Waals surface area contributed by atoms with Crippen LogP contribution >= 0.6 is 0 Å². The quantitative estimate of drug-likeness (QED) is 0.555. The molecule has 6 nitrogen and oxygen atoms in total. The highest BCUT2D eigenvalue weighted by atomic mass is 15.2. The highest BCUT2D eigenvalue weighted by Crippen LogP contribution is 2.15. The largest absolute Gasteiger partial charge is 0.276 e. The van der Waals surface area contributed by atoms with E-state index in [1.165, 1.54) is 6.33 Å². The lowest BCUT2D eigenvalue weighted by atomic mass is 10.0. The van der Waals surface area contributed by atoms with Crippen LogP contribution in [0.15, 0.2) is 31.1 Å². The van der Waals surface area contributed by atoms with Crippen molar-refractivity contribution in [1.29, 1.82) is 0 Å². The van der Waals surface area contributed by atoms with Gasteiger partial charge in [-0.05, 0) is 12.0 Å². The minimum Gasteiger partial charge on any atom is -0.276 e. The van der Waals surface area contributed by atoms with Gasteiger partial charge in [-0.1, -0.05) is 0 Å². The van der Waals surface area contributed by atoms with Gasteiger partial charge < -0.3 is 0 Å². The second kappa shape index (κ2) is 4.82. The molecule has 0 radical (unpaired) electrons. The summed E-state index contributed by atoms with van der Waals surface area (Å²) in [4.78, 5) is 7.95. The number of hydrogen-bond acceptors (Lipinski definition) is 5. The number of rotatable bonds is 4. The SMILES string of the molecule is Cn1cc(CC(NN)c2cncnc2)cn1. The third kappa shape index (κ3) is 2.41. The van der Waals surface area contributed by atoms with E-state index in [2.05, 4.69) is 20.5 Å². The zero-order valence-electron chi connectivity index (χ0n) is 9.04. The van der Waals surface area contributed by atoms with Crippen molar-refractivity contribution in [2.45, 2.75) is 12.5 Å². The second-order valence-electron chi connectivity index (χ2n) is 3.62. The fourth-order valence-electron chi connectivity index (χ4n) is 1.58. The van der Waals surface area contributed by atoms with Crippen molar-refractivity contribution in [3.63, 3.8) is 0 Å². The number of aromatic nitrogens is 4. The summed E-state index contributed by atoms with van der Waals surface area (Å²) in [6.45, 7) is 0. The molecule has 2 rings (SSSR count). The summed E-state index contributed by atoms with van der Waals surface area (Å²) >= 11 is 0. The van der Waals surface area contributed by atoms with Crippen LogP contribution in [0.3, 0.4) is 0 Å². The van der Waals surface area contributed by atoms with E-state index in [1.807, 2.05) is 19.4 Å². The highest BCUT2D eigenvalue weighted by Gasteiger charge is 2.11. The standard InChI is InChI=1S/C10H14N6/c1-16-6-8(3-14-16)2-10(15-11)9-4-12-7-13-5-9/h3-7,10,15H,2,11H2,1H3. The lowest BCUT2D eigenvalue weighted by molar-refractivity contribution is 0.548. The smallest absolute Gasteiger partial charge is 0.115 e. The van der Waals surface area contributed by atoms with Crippen molar-refractivity contribution < 1.29 is 0 Å². The van der Waals surface area contributed by atoms with Crippen LogP contribution in [0.1, 0.15) is 17.2 Å². The lowest BCUT2D eigenvalue weighted by Crippen LogP contribution is -2.29. The maximum atomic E-state index is 5.53. The van der Waals surface area contributed by atoms with E-state index < -0.39 is 0 Å². The normalized spacial score (nSPS) is 12.6. The van der Waals surface area contributed by atoms with E-state index >= 15 is 0 Å². The molecule has 0 saturated carbocycles. The predicted molar refractivity (Wildman–Crippen MR) is 59.0 cm³/mol. The molecule has 0 spiro atoms. The zero-order chi connectivity index (χ0) is 11.4. The van der Waals surface area contributed by atoms with Crippen LogP contribution in [-0.4, -0.2) is 19.7 Å². The van der Waals surface area contributed by atoms with E-state index in [-0.39, 0.29) is 6.04 Å². The fourth-order valence-corrected chi connectivity index (χ4v) is 1.58. The van der Waals surface area contributed by atoms with Gasteiger partial charge in [0.15, 0.2) is 0 Å². The number of nitrogens with two attached hydrogens (primary N) is 1. The molecule has 3 N–H and O–H groups in total. The van der Waals surface area contributed by atoms with Gasteiger partial charge in [0, 0.05) is 31.2 Å². The molecule has 6 heteroatoms. The second-order valence-corrected chi connectivity index (χ2v) is 3.62. The van der Waals surface area contributed by atoms with Crippen LogP contribution < -0.4 is 11.3 Å². The Morgan fingerprint density at radius 2 is 2.12 bits per heavy atom. The number of hydrogen-bond donors (Lipinski definition) is 2. The average Bonchev–Trinajstić information content (AvgIpc) is 2.73. The Hall–Kier alpha value is -1.79. The highest BCUT2D eigenvalue weighted by molar-refractivity contribution is 5.15. The first-order chi connectivity index (χ1) is 7.79. The molecular weight excluding hydrogens is 204 g/mol. The summed E-state index contributed by atoms with van der Waals surface area (Å²) in [6.07, 6.45) is 9.57. The lowest BCUT2D eigenvalue weighted by Gasteiger charge is -2.13. The molecule has 16 heavy (non-hydrogen) atoms. The van der Waals surface area contributed by atoms with Gasteiger partial charge in [-0.3, -0.25) is 16.0 Å². The molecule has 0 aliphatic carbocycles. The monoisotopic (exact) mass is 218 g/mol. The van der Waals surface area contributed by atoms with Gasteiger partial charge in [-0.15, -0.1) is 0 Å². The summed E-state index contributed by atoms with van der Waals surface area (Å²) in [5.74, 6) is 5.53. The molecule has 0 aliphatic heterocycles. The molecule has 0 saturated heterocycles. The number of nitrogens with one attached hydrogen (secondary N) is 1. The van der Waals surface area contributed by atoms with Crippen LogP contribution in [0, 0.1) is 0 Å². The topological polar surface area (TPSA) is 81.7 Å². The van der Waals surface area contributed by atoms with Gasteiger partial charge >= 0.3 is 0 Å². The molecule has 1 unspecified atom stereocenters. The molecule has 2 heterocycles. The Balaban J connectivity index is 2.12. The minimum atomic E-state index is 0.00500. The summed E-state index contributed by atoms with van der Waals surface area (Å²) in [5.41, 5.74) is 4.85. The Morgan fingerprint density at radius 3 is 2.69 bits per heavy atom. The molecule has 2 aromatic heterocycles. The van der Waals surface area contributed by atoms with Crippen LogP contribution in [0.5, 0.6) is 0 Å². The van der Waals surface area contributed by atoms with Crippen LogP contribution in [0.4, 0.5) is 0 Å². The van der Waals surface area contributed by atoms with E-state index in [4.69, 9.17) is 5.84 Å². The molecule has 0 fully saturated rings. The molecule has 2 aromatic rings. The predicted octanol–water partition coefficient (Wildman–Crippen LogP) is -0.0428. The summed E-state index contributed by atoms with van der Waals surface area (Å²) in [7, 11) is 1.89. The van der Waals surface area contributed by atoms with E-state index in [9.17, 15) is 0 Å². The van der Waals surface area contributed by atoms with Crippen LogP contribution in [-0.2, 0) is 13.5 Å². The van der Waals surface area contributed by atoms with Crippen LogP contribution in [0.2, 0.25) is 0 Å². The van der Waals surface area contributed by atoms with Gasteiger partial charge in [0.25, 0.3) is 0 Å². The molecule has 84 valence electrons. The van der Waals surface area contributed by atoms with E-state index in [1.54, 1.807) is 17.1 Å². The molecule has 0 amide bonds. The van der Waals surface area contributed by atoms with Gasteiger partial charge in [0.1, 0.15) is 6.33 Å². The maximum Gasteiger partial charge on any atom is 0.115 e. The van der Waals surface area contributed by atoms with Crippen molar-refractivity contribution >= 4 is 0 Å². The van der Waals surface area contributed by atoms with E-state index in [0.29, 0.717) is 0 Å². The number of hydrazine groups is 1. The third-order valence-electron chi connectivity index (χ3n) is 2.38. The molecule has 0 aromatic carbocycles. The maximum absolute atomic E-state index is 5.53. The Bertz CT molecular complexity index is 438. The summed E-state index contributed by atoms with van der Waals surface area (Å²) < 4.78 is 1.77. The Kier molecular flexibility index (Phi) is 3.23. The fraction of sp³-hybridized carbons (Fsp3) is 0.300. The first kappa shape index (κ1) is 10.7. The first-order valence-corrected chi connectivity index (χ1v) is 4.98. The van der Waals surface area contributed by atoms with Gasteiger partial charge in [0.2, 0.25) is 0 Å². The summed E-state index contributed by atoms with van der Waals surface area (Å²) in [5, 5.41) is 4.11.